The van der Waals surface area contributed by atoms with Gasteiger partial charge < -0.3 is 5.32 Å². The lowest BCUT2D eigenvalue weighted by molar-refractivity contribution is -0.154. The van der Waals surface area contributed by atoms with Crippen LogP contribution < -0.4 is 5.32 Å². The molecule has 2 atom stereocenters. The zero-order chi connectivity index (χ0) is 15.5. The van der Waals surface area contributed by atoms with Crippen molar-refractivity contribution < 1.29 is 13.2 Å². The number of alkyl halides is 3. The molecule has 2 rings (SSSR count). The highest BCUT2D eigenvalue weighted by atomic mass is 19.4. The molecule has 0 saturated carbocycles. The topological polar surface area (TPSA) is 15.3 Å². The second-order valence-electron chi connectivity index (χ2n) is 6.21. The number of hydrogen-bond acceptors (Lipinski definition) is 2. The van der Waals surface area contributed by atoms with Crippen LogP contribution in [0.15, 0.2) is 30.3 Å². The van der Waals surface area contributed by atoms with Gasteiger partial charge in [-0.25, -0.2) is 0 Å². The summed E-state index contributed by atoms with van der Waals surface area (Å²) in [5, 5.41) is 3.41. The van der Waals surface area contributed by atoms with Gasteiger partial charge in [0.05, 0.1) is 6.54 Å². The minimum absolute atomic E-state index is 0.132. The van der Waals surface area contributed by atoms with Crippen LogP contribution >= 0.6 is 0 Å². The molecular weight excluding hydrogens is 277 g/mol. The first-order chi connectivity index (χ1) is 9.85. The number of halogens is 3. The Hall–Kier alpha value is -1.07. The molecule has 1 heterocycles. The first kappa shape index (κ1) is 16.3. The Bertz CT molecular complexity index is 431. The number of rotatable bonds is 4. The summed E-state index contributed by atoms with van der Waals surface area (Å²) < 4.78 is 38.6. The largest absolute Gasteiger partial charge is 0.401 e. The molecule has 0 aliphatic carbocycles. The molecule has 0 spiro atoms. The molecule has 0 amide bonds. The van der Waals surface area contributed by atoms with Crippen LogP contribution in [0, 0.1) is 5.92 Å². The van der Waals surface area contributed by atoms with E-state index < -0.39 is 12.7 Å². The third kappa shape index (κ3) is 5.00. The Morgan fingerprint density at radius 2 is 1.90 bits per heavy atom. The summed E-state index contributed by atoms with van der Waals surface area (Å²) in [5.41, 5.74) is 0.942. The van der Waals surface area contributed by atoms with Gasteiger partial charge in [0.15, 0.2) is 0 Å². The zero-order valence-electron chi connectivity index (χ0n) is 12.5. The van der Waals surface area contributed by atoms with Crippen LogP contribution in [0.25, 0.3) is 0 Å². The maximum atomic E-state index is 12.9. The minimum atomic E-state index is -4.16. The van der Waals surface area contributed by atoms with Crippen LogP contribution in [0.5, 0.6) is 0 Å². The van der Waals surface area contributed by atoms with E-state index in [4.69, 9.17) is 0 Å². The Kier molecular flexibility index (Phi) is 5.27. The lowest BCUT2D eigenvalue weighted by Gasteiger charge is -2.41. The quantitative estimate of drug-likeness (QED) is 0.914. The third-order valence-corrected chi connectivity index (χ3v) is 3.82. The van der Waals surface area contributed by atoms with Gasteiger partial charge in [-0.05, 0) is 17.9 Å². The molecule has 2 unspecified atom stereocenters. The highest BCUT2D eigenvalue weighted by Crippen LogP contribution is 2.28. The fourth-order valence-corrected chi connectivity index (χ4v) is 3.02. The molecule has 5 heteroatoms. The average Bonchev–Trinajstić information content (AvgIpc) is 2.37. The summed E-state index contributed by atoms with van der Waals surface area (Å²) in [5.74, 6) is 0.475. The van der Waals surface area contributed by atoms with Gasteiger partial charge in [0.2, 0.25) is 0 Å². The normalized spacial score (nSPS) is 24.5. The van der Waals surface area contributed by atoms with E-state index in [2.05, 4.69) is 19.2 Å². The van der Waals surface area contributed by atoms with Gasteiger partial charge in [0.25, 0.3) is 0 Å². The van der Waals surface area contributed by atoms with E-state index in [0.29, 0.717) is 19.0 Å². The van der Waals surface area contributed by atoms with Crippen molar-refractivity contribution in [2.45, 2.75) is 38.5 Å². The highest BCUT2D eigenvalue weighted by molar-refractivity contribution is 5.20. The Morgan fingerprint density at radius 3 is 2.48 bits per heavy atom. The predicted octanol–water partition coefficient (Wildman–Crippen LogP) is 3.61. The standard InChI is InChI=1S/C16H23F3N2/c1-12(2)8-14-10-21(11-16(17,18)19)15(9-20-14)13-6-4-3-5-7-13/h3-7,12,14-15,20H,8-11H2,1-2H3. The molecule has 1 saturated heterocycles. The second-order valence-corrected chi connectivity index (χ2v) is 6.21. The number of nitrogens with zero attached hydrogens (tertiary/aromatic N) is 1. The molecule has 1 aliphatic rings. The summed E-state index contributed by atoms with van der Waals surface area (Å²) in [6.07, 6.45) is -3.26. The fraction of sp³-hybridized carbons (Fsp3) is 0.625. The molecule has 1 aliphatic heterocycles. The van der Waals surface area contributed by atoms with E-state index in [1.54, 1.807) is 4.90 Å². The van der Waals surface area contributed by atoms with Gasteiger partial charge in [0.1, 0.15) is 0 Å². The number of hydrogen-bond donors (Lipinski definition) is 1. The predicted molar refractivity (Wildman–Crippen MR) is 78.1 cm³/mol. The van der Waals surface area contributed by atoms with Gasteiger partial charge in [0, 0.05) is 25.2 Å². The lowest BCUT2D eigenvalue weighted by Crippen LogP contribution is -2.54. The van der Waals surface area contributed by atoms with Gasteiger partial charge in [-0.1, -0.05) is 44.2 Å². The number of nitrogens with one attached hydrogen (secondary N) is 1. The zero-order valence-corrected chi connectivity index (χ0v) is 12.5. The molecule has 1 fully saturated rings. The minimum Gasteiger partial charge on any atom is -0.311 e. The van der Waals surface area contributed by atoms with Crippen molar-refractivity contribution >= 4 is 0 Å². The molecular formula is C16H23F3N2. The summed E-state index contributed by atoms with van der Waals surface area (Å²) in [6, 6.07) is 9.36. The Morgan fingerprint density at radius 1 is 1.24 bits per heavy atom. The van der Waals surface area contributed by atoms with E-state index in [1.165, 1.54) is 0 Å². The number of piperazine rings is 1. The van der Waals surface area contributed by atoms with Crippen LogP contribution in [0.2, 0.25) is 0 Å². The van der Waals surface area contributed by atoms with E-state index in [9.17, 15) is 13.2 Å². The molecule has 1 N–H and O–H groups in total. The highest BCUT2D eigenvalue weighted by Gasteiger charge is 2.37. The van der Waals surface area contributed by atoms with Crippen molar-refractivity contribution in [1.82, 2.24) is 10.2 Å². The van der Waals surface area contributed by atoms with Crippen LogP contribution in [-0.4, -0.2) is 36.8 Å². The Labute approximate surface area is 124 Å². The van der Waals surface area contributed by atoms with Crippen molar-refractivity contribution in [3.8, 4) is 0 Å². The maximum absolute atomic E-state index is 12.9. The molecule has 1 aromatic carbocycles. The molecule has 0 aromatic heterocycles. The number of benzene rings is 1. The van der Waals surface area contributed by atoms with Gasteiger partial charge in [-0.3, -0.25) is 4.90 Å². The smallest absolute Gasteiger partial charge is 0.311 e. The fourth-order valence-electron chi connectivity index (χ4n) is 3.02. The van der Waals surface area contributed by atoms with Gasteiger partial charge in [-0.15, -0.1) is 0 Å². The summed E-state index contributed by atoms with van der Waals surface area (Å²) in [4.78, 5) is 1.57. The van der Waals surface area contributed by atoms with E-state index in [-0.39, 0.29) is 12.1 Å². The first-order valence-electron chi connectivity index (χ1n) is 7.44. The molecule has 21 heavy (non-hydrogen) atoms. The third-order valence-electron chi connectivity index (χ3n) is 3.82. The molecule has 118 valence electrons. The second kappa shape index (κ2) is 6.79. The van der Waals surface area contributed by atoms with Gasteiger partial charge in [-0.2, -0.15) is 13.2 Å². The van der Waals surface area contributed by atoms with Crippen LogP contribution in [0.4, 0.5) is 13.2 Å². The first-order valence-corrected chi connectivity index (χ1v) is 7.44. The van der Waals surface area contributed by atoms with Gasteiger partial charge >= 0.3 is 6.18 Å². The van der Waals surface area contributed by atoms with Crippen molar-refractivity contribution in [1.29, 1.82) is 0 Å². The van der Waals surface area contributed by atoms with E-state index in [0.717, 1.165) is 12.0 Å². The van der Waals surface area contributed by atoms with E-state index in [1.807, 2.05) is 30.3 Å². The van der Waals surface area contributed by atoms with E-state index >= 15 is 0 Å². The van der Waals surface area contributed by atoms with Crippen LogP contribution in [-0.2, 0) is 0 Å². The lowest BCUT2D eigenvalue weighted by atomic mass is 9.96. The average molecular weight is 300 g/mol. The van der Waals surface area contributed by atoms with Crippen molar-refractivity contribution in [2.24, 2.45) is 5.92 Å². The van der Waals surface area contributed by atoms with Crippen molar-refractivity contribution in [2.75, 3.05) is 19.6 Å². The molecule has 2 nitrogen and oxygen atoms in total. The summed E-state index contributed by atoms with van der Waals surface area (Å²) in [7, 11) is 0. The maximum Gasteiger partial charge on any atom is 0.401 e. The molecule has 0 bridgehead atoms. The van der Waals surface area contributed by atoms with Crippen LogP contribution in [0.1, 0.15) is 31.9 Å². The Balaban J connectivity index is 2.12. The SMILES string of the molecule is CC(C)CC1CN(CC(F)(F)F)C(c2ccccc2)CN1. The summed E-state index contributed by atoms with van der Waals surface area (Å²) >= 11 is 0. The van der Waals surface area contributed by atoms with Crippen molar-refractivity contribution in [3.05, 3.63) is 35.9 Å². The molecule has 1 aromatic rings. The molecule has 0 radical (unpaired) electrons. The summed E-state index contributed by atoms with van der Waals surface area (Å²) in [6.45, 7) is 4.36. The van der Waals surface area contributed by atoms with Crippen LogP contribution in [0.3, 0.4) is 0 Å². The monoisotopic (exact) mass is 300 g/mol. The van der Waals surface area contributed by atoms with Crippen molar-refractivity contribution in [3.63, 3.8) is 0 Å².